The second-order valence-corrected chi connectivity index (χ2v) is 8.67. The third-order valence-corrected chi connectivity index (χ3v) is 6.42. The summed E-state index contributed by atoms with van der Waals surface area (Å²) in [6.45, 7) is 11.7. The Kier molecular flexibility index (Phi) is 11.5. The molecule has 0 radical (unpaired) electrons. The van der Waals surface area contributed by atoms with E-state index in [1.54, 1.807) is 0 Å². The van der Waals surface area contributed by atoms with Crippen LogP contribution in [0.5, 0.6) is 0 Å². The van der Waals surface area contributed by atoms with Crippen molar-refractivity contribution < 1.29 is 39.4 Å². The van der Waals surface area contributed by atoms with Crippen LogP contribution in [0, 0.1) is 0 Å². The van der Waals surface area contributed by atoms with E-state index in [0.29, 0.717) is 6.61 Å². The summed E-state index contributed by atoms with van der Waals surface area (Å²) in [6, 6.07) is 0. The van der Waals surface area contributed by atoms with E-state index in [0.717, 1.165) is 91.8 Å². The second kappa shape index (κ2) is 14.1. The van der Waals surface area contributed by atoms with Gasteiger partial charge in [0.1, 0.15) is 24.4 Å². The molecule has 5 atom stereocenters. The number of rotatable bonds is 12. The molecular weight excluding hydrogens is 422 g/mol. The van der Waals surface area contributed by atoms with Gasteiger partial charge in [-0.3, -0.25) is 9.80 Å². The Morgan fingerprint density at radius 2 is 1.34 bits per heavy atom. The lowest BCUT2D eigenvalue weighted by molar-refractivity contribution is -0.301. The van der Waals surface area contributed by atoms with E-state index in [9.17, 15) is 20.4 Å². The molecule has 1 unspecified atom stereocenters. The van der Waals surface area contributed by atoms with E-state index in [2.05, 4.69) is 14.7 Å². The van der Waals surface area contributed by atoms with Crippen molar-refractivity contribution in [2.75, 3.05) is 98.5 Å². The van der Waals surface area contributed by atoms with Gasteiger partial charge in [0.05, 0.1) is 39.6 Å². The fourth-order valence-electron chi connectivity index (χ4n) is 4.24. The van der Waals surface area contributed by atoms with Crippen molar-refractivity contribution in [3.05, 3.63) is 0 Å². The Morgan fingerprint density at radius 1 is 0.781 bits per heavy atom. The number of ether oxygens (including phenoxy) is 4. The van der Waals surface area contributed by atoms with Crippen molar-refractivity contribution in [3.8, 4) is 0 Å². The van der Waals surface area contributed by atoms with Gasteiger partial charge in [-0.2, -0.15) is 0 Å². The summed E-state index contributed by atoms with van der Waals surface area (Å²) in [4.78, 5) is 7.28. The molecule has 188 valence electrons. The Balaban J connectivity index is 1.41. The van der Waals surface area contributed by atoms with Gasteiger partial charge in [0.25, 0.3) is 0 Å². The lowest BCUT2D eigenvalue weighted by Gasteiger charge is -2.39. The van der Waals surface area contributed by atoms with Crippen molar-refractivity contribution in [2.45, 2.75) is 37.1 Å². The molecule has 0 bridgehead atoms. The zero-order valence-electron chi connectivity index (χ0n) is 19.0. The molecule has 0 aromatic heterocycles. The highest BCUT2D eigenvalue weighted by Crippen LogP contribution is 2.22. The molecule has 3 saturated heterocycles. The Morgan fingerprint density at radius 3 is 1.88 bits per heavy atom. The topological polar surface area (TPSA) is 128 Å². The molecule has 0 saturated carbocycles. The van der Waals surface area contributed by atoms with Crippen LogP contribution in [-0.4, -0.2) is 164 Å². The quantitative estimate of drug-likeness (QED) is 0.224. The van der Waals surface area contributed by atoms with Gasteiger partial charge in [-0.15, -0.1) is 0 Å². The van der Waals surface area contributed by atoms with Gasteiger partial charge in [-0.25, -0.2) is 0 Å². The first kappa shape index (κ1) is 26.2. The number of aliphatic hydroxyl groups is 4. The normalized spacial score (nSPS) is 33.1. The van der Waals surface area contributed by atoms with Crippen LogP contribution in [-0.2, 0) is 18.9 Å². The molecule has 0 aromatic rings. The Labute approximate surface area is 190 Å². The molecular formula is C21H41N3O8. The third kappa shape index (κ3) is 8.10. The van der Waals surface area contributed by atoms with E-state index in [1.807, 2.05) is 0 Å². The van der Waals surface area contributed by atoms with Crippen LogP contribution >= 0.6 is 0 Å². The molecule has 3 aliphatic rings. The molecule has 32 heavy (non-hydrogen) atoms. The molecule has 3 heterocycles. The number of aliphatic hydroxyl groups excluding tert-OH is 4. The van der Waals surface area contributed by atoms with Crippen LogP contribution in [0.25, 0.3) is 0 Å². The molecule has 11 heteroatoms. The average Bonchev–Trinajstić information content (AvgIpc) is 2.84. The van der Waals surface area contributed by atoms with Gasteiger partial charge >= 0.3 is 0 Å². The average molecular weight is 464 g/mol. The molecule has 0 aliphatic carbocycles. The zero-order chi connectivity index (χ0) is 22.8. The minimum atomic E-state index is -1.41. The molecule has 4 N–H and O–H groups in total. The maximum atomic E-state index is 10.1. The van der Waals surface area contributed by atoms with Crippen LogP contribution in [0.15, 0.2) is 0 Å². The Hall–Kier alpha value is -0.440. The van der Waals surface area contributed by atoms with E-state index in [4.69, 9.17) is 18.9 Å². The largest absolute Gasteiger partial charge is 0.394 e. The smallest absolute Gasteiger partial charge is 0.186 e. The minimum absolute atomic E-state index is 0.342. The Bertz CT molecular complexity index is 483. The minimum Gasteiger partial charge on any atom is -0.394 e. The van der Waals surface area contributed by atoms with Gasteiger partial charge in [-0.1, -0.05) is 0 Å². The maximum Gasteiger partial charge on any atom is 0.186 e. The molecule has 11 nitrogen and oxygen atoms in total. The summed E-state index contributed by atoms with van der Waals surface area (Å²) in [5.74, 6) is 0. The molecule has 0 aromatic carbocycles. The monoisotopic (exact) mass is 463 g/mol. The van der Waals surface area contributed by atoms with Gasteiger partial charge in [0.15, 0.2) is 6.29 Å². The van der Waals surface area contributed by atoms with Crippen molar-refractivity contribution in [3.63, 3.8) is 0 Å². The van der Waals surface area contributed by atoms with Gasteiger partial charge < -0.3 is 44.3 Å². The van der Waals surface area contributed by atoms with Crippen molar-refractivity contribution >= 4 is 0 Å². The summed E-state index contributed by atoms with van der Waals surface area (Å²) in [5.41, 5.74) is 0. The predicted octanol–water partition coefficient (Wildman–Crippen LogP) is -2.84. The molecule has 0 amide bonds. The third-order valence-electron chi connectivity index (χ3n) is 6.42. The van der Waals surface area contributed by atoms with Crippen molar-refractivity contribution in [2.24, 2.45) is 0 Å². The second-order valence-electron chi connectivity index (χ2n) is 8.67. The van der Waals surface area contributed by atoms with Gasteiger partial charge in [-0.05, 0) is 6.42 Å². The first-order chi connectivity index (χ1) is 15.6. The van der Waals surface area contributed by atoms with Crippen LogP contribution in [0.3, 0.4) is 0 Å². The summed E-state index contributed by atoms with van der Waals surface area (Å²) < 4.78 is 21.9. The summed E-state index contributed by atoms with van der Waals surface area (Å²) in [7, 11) is 0. The SMILES string of the molecule is OC[C@H]1OC(OCCCN(CCN2CCOCC2)CCN2CCOCC2)[C@H](O)[C@@H](O)[C@@H]1O. The van der Waals surface area contributed by atoms with E-state index in [1.165, 1.54) is 0 Å². The van der Waals surface area contributed by atoms with E-state index >= 15 is 0 Å². The molecule has 0 spiro atoms. The number of nitrogens with zero attached hydrogens (tertiary/aromatic N) is 3. The molecule has 3 rings (SSSR count). The van der Waals surface area contributed by atoms with Crippen LogP contribution in [0.1, 0.15) is 6.42 Å². The van der Waals surface area contributed by atoms with Crippen molar-refractivity contribution in [1.29, 1.82) is 0 Å². The molecule has 3 aliphatic heterocycles. The van der Waals surface area contributed by atoms with Gasteiger partial charge in [0, 0.05) is 58.9 Å². The van der Waals surface area contributed by atoms with Crippen LogP contribution in [0.2, 0.25) is 0 Å². The standard InChI is InChI=1S/C21H41N3O8/c25-16-17-18(26)19(27)20(28)21(32-17)31-11-1-2-22(3-5-23-7-12-29-13-8-23)4-6-24-9-14-30-15-10-24/h17-21,25-28H,1-16H2/t17-,18-,19+,20-,21?/m1/s1. The highest BCUT2D eigenvalue weighted by Gasteiger charge is 2.43. The fourth-order valence-corrected chi connectivity index (χ4v) is 4.24. The lowest BCUT2D eigenvalue weighted by atomic mass is 9.99. The van der Waals surface area contributed by atoms with Gasteiger partial charge in [0.2, 0.25) is 0 Å². The molecule has 3 fully saturated rings. The van der Waals surface area contributed by atoms with E-state index < -0.39 is 37.3 Å². The number of hydrogen-bond acceptors (Lipinski definition) is 11. The maximum absolute atomic E-state index is 10.1. The first-order valence-corrected chi connectivity index (χ1v) is 11.8. The van der Waals surface area contributed by atoms with E-state index in [-0.39, 0.29) is 0 Å². The predicted molar refractivity (Wildman–Crippen MR) is 115 cm³/mol. The van der Waals surface area contributed by atoms with Crippen LogP contribution < -0.4 is 0 Å². The lowest BCUT2D eigenvalue weighted by Crippen LogP contribution is -2.59. The van der Waals surface area contributed by atoms with Crippen LogP contribution in [0.4, 0.5) is 0 Å². The number of morpholine rings is 2. The number of hydrogen-bond donors (Lipinski definition) is 4. The highest BCUT2D eigenvalue weighted by molar-refractivity contribution is 4.88. The summed E-state index contributed by atoms with van der Waals surface area (Å²) in [6.07, 6.45) is -5.42. The first-order valence-electron chi connectivity index (χ1n) is 11.8. The fraction of sp³-hybridized carbons (Fsp3) is 1.00. The summed E-state index contributed by atoms with van der Waals surface area (Å²) in [5, 5.41) is 39.2. The van der Waals surface area contributed by atoms with Crippen molar-refractivity contribution in [1.82, 2.24) is 14.7 Å². The zero-order valence-corrected chi connectivity index (χ0v) is 19.0. The summed E-state index contributed by atoms with van der Waals surface area (Å²) >= 11 is 0. The highest BCUT2D eigenvalue weighted by atomic mass is 16.7.